The minimum Gasteiger partial charge on any atom is -0.330 e. The monoisotopic (exact) mass is 215 g/mol. The van der Waals surface area contributed by atoms with Gasteiger partial charge in [0.2, 0.25) is 0 Å². The Morgan fingerprint density at radius 1 is 0.889 bits per heavy atom. The summed E-state index contributed by atoms with van der Waals surface area (Å²) < 4.78 is 0. The molecule has 0 rings (SSSR count). The Morgan fingerprint density at radius 3 is 1.44 bits per heavy atom. The average molecular weight is 216 g/mol. The van der Waals surface area contributed by atoms with Crippen molar-refractivity contribution >= 4 is 21.6 Å². The first kappa shape index (κ1) is 12.8. The van der Waals surface area contributed by atoms with Crippen molar-refractivity contribution in [1.29, 1.82) is 0 Å². The third-order valence-corrected chi connectivity index (χ3v) is 2.96. The fourth-order valence-electron chi connectivity index (χ4n) is 0.214. The maximum Gasteiger partial charge on any atom is 0.0160 e. The van der Waals surface area contributed by atoms with Crippen molar-refractivity contribution in [2.45, 2.75) is 0 Å². The van der Waals surface area contributed by atoms with Gasteiger partial charge < -0.3 is 11.5 Å². The number of nitrogens with two attached hydrogens (primary N) is 2. The van der Waals surface area contributed by atoms with Gasteiger partial charge in [-0.05, 0) is 0 Å². The SMILES string of the molecule is NCCSSCCN.[Cu]. The molecule has 0 aliphatic rings. The van der Waals surface area contributed by atoms with Crippen molar-refractivity contribution < 1.29 is 17.1 Å². The van der Waals surface area contributed by atoms with Crippen molar-refractivity contribution in [2.24, 2.45) is 11.5 Å². The molecule has 0 heterocycles. The van der Waals surface area contributed by atoms with E-state index in [1.165, 1.54) is 0 Å². The van der Waals surface area contributed by atoms with Gasteiger partial charge in [-0.15, -0.1) is 0 Å². The Balaban J connectivity index is 0. The Kier molecular flexibility index (Phi) is 16.9. The number of rotatable bonds is 5. The fraction of sp³-hybridized carbons (Fsp3) is 1.00. The Morgan fingerprint density at radius 2 is 1.22 bits per heavy atom. The van der Waals surface area contributed by atoms with E-state index < -0.39 is 0 Å². The van der Waals surface area contributed by atoms with Crippen LogP contribution >= 0.6 is 21.6 Å². The van der Waals surface area contributed by atoms with Gasteiger partial charge >= 0.3 is 0 Å². The van der Waals surface area contributed by atoms with Gasteiger partial charge in [0.1, 0.15) is 0 Å². The standard InChI is InChI=1S/C4H12N2S2.Cu/c5-1-3-7-8-4-2-6;/h1-6H2;. The minimum atomic E-state index is 0. The number of hydrogen-bond acceptors (Lipinski definition) is 4. The molecule has 0 aliphatic carbocycles. The summed E-state index contributed by atoms with van der Waals surface area (Å²) in [5, 5.41) is 0. The zero-order valence-electron chi connectivity index (χ0n) is 5.10. The van der Waals surface area contributed by atoms with Crippen LogP contribution in [0, 0.1) is 0 Å². The molecular weight excluding hydrogens is 204 g/mol. The Hall–Kier alpha value is 1.14. The third kappa shape index (κ3) is 12.4. The molecule has 0 unspecified atom stereocenters. The van der Waals surface area contributed by atoms with Gasteiger partial charge in [-0.25, -0.2) is 0 Å². The molecule has 0 saturated carbocycles. The van der Waals surface area contributed by atoms with Crippen LogP contribution in [0.15, 0.2) is 0 Å². The van der Waals surface area contributed by atoms with E-state index >= 15 is 0 Å². The minimum absolute atomic E-state index is 0. The fourth-order valence-corrected chi connectivity index (χ4v) is 1.93. The van der Waals surface area contributed by atoms with Crippen LogP contribution in [0.5, 0.6) is 0 Å². The second-order valence-electron chi connectivity index (χ2n) is 1.22. The molecule has 0 aromatic heterocycles. The summed E-state index contributed by atoms with van der Waals surface area (Å²) in [6.45, 7) is 1.53. The quantitative estimate of drug-likeness (QED) is 0.393. The largest absolute Gasteiger partial charge is 0.330 e. The molecule has 0 aromatic carbocycles. The molecule has 0 spiro atoms. The average Bonchev–Trinajstić information content (AvgIpc) is 1.81. The second kappa shape index (κ2) is 11.9. The molecule has 0 bridgehead atoms. The molecule has 4 N–H and O–H groups in total. The van der Waals surface area contributed by atoms with Crippen molar-refractivity contribution in [3.8, 4) is 0 Å². The first-order valence-electron chi connectivity index (χ1n) is 2.56. The van der Waals surface area contributed by atoms with E-state index in [1.807, 2.05) is 0 Å². The van der Waals surface area contributed by atoms with Gasteiger partial charge in [-0.2, -0.15) is 0 Å². The second-order valence-corrected chi connectivity index (χ2v) is 3.92. The number of hydrogen-bond donors (Lipinski definition) is 2. The van der Waals surface area contributed by atoms with Crippen LogP contribution in [-0.2, 0) is 17.1 Å². The summed E-state index contributed by atoms with van der Waals surface area (Å²) in [5.74, 6) is 2.06. The van der Waals surface area contributed by atoms with E-state index in [0.29, 0.717) is 0 Å². The molecule has 0 aliphatic heterocycles. The molecule has 0 aromatic rings. The first-order valence-corrected chi connectivity index (χ1v) is 5.05. The zero-order valence-corrected chi connectivity index (χ0v) is 7.68. The molecule has 2 nitrogen and oxygen atoms in total. The van der Waals surface area contributed by atoms with Crippen LogP contribution in [0.3, 0.4) is 0 Å². The molecule has 61 valence electrons. The van der Waals surface area contributed by atoms with Crippen molar-refractivity contribution in [3.63, 3.8) is 0 Å². The van der Waals surface area contributed by atoms with Crippen molar-refractivity contribution in [2.75, 3.05) is 24.6 Å². The van der Waals surface area contributed by atoms with E-state index in [0.717, 1.165) is 24.6 Å². The molecular formula is C4H12CuN2S2. The summed E-state index contributed by atoms with van der Waals surface area (Å²) in [6.07, 6.45) is 0. The molecule has 5 heteroatoms. The van der Waals surface area contributed by atoms with E-state index in [1.54, 1.807) is 21.6 Å². The van der Waals surface area contributed by atoms with Gasteiger partial charge in [0.15, 0.2) is 0 Å². The van der Waals surface area contributed by atoms with Crippen LogP contribution in [-0.4, -0.2) is 24.6 Å². The molecule has 0 atom stereocenters. The van der Waals surface area contributed by atoms with Crippen molar-refractivity contribution in [1.82, 2.24) is 0 Å². The van der Waals surface area contributed by atoms with E-state index in [-0.39, 0.29) is 17.1 Å². The summed E-state index contributed by atoms with van der Waals surface area (Å²) in [4.78, 5) is 0. The predicted octanol–water partition coefficient (Wildman–Crippen LogP) is 0.283. The zero-order chi connectivity index (χ0) is 6.24. The normalized spacial score (nSPS) is 8.67. The molecule has 1 radical (unpaired) electrons. The Bertz CT molecular complexity index is 41.5. The van der Waals surface area contributed by atoms with Gasteiger partial charge in [0, 0.05) is 41.7 Å². The molecule has 0 amide bonds. The summed E-state index contributed by atoms with van der Waals surface area (Å²) in [5.41, 5.74) is 10.5. The first-order chi connectivity index (χ1) is 3.91. The van der Waals surface area contributed by atoms with Gasteiger partial charge in [0.05, 0.1) is 0 Å². The summed E-state index contributed by atoms with van der Waals surface area (Å²) in [7, 11) is 3.58. The van der Waals surface area contributed by atoms with E-state index in [9.17, 15) is 0 Å². The maximum absolute atomic E-state index is 5.25. The van der Waals surface area contributed by atoms with Crippen LogP contribution in [0.2, 0.25) is 0 Å². The molecule has 0 saturated heterocycles. The van der Waals surface area contributed by atoms with Crippen LogP contribution in [0.1, 0.15) is 0 Å². The van der Waals surface area contributed by atoms with Crippen LogP contribution in [0.25, 0.3) is 0 Å². The van der Waals surface area contributed by atoms with Crippen LogP contribution in [0.4, 0.5) is 0 Å². The van der Waals surface area contributed by atoms with Crippen LogP contribution < -0.4 is 11.5 Å². The van der Waals surface area contributed by atoms with E-state index in [4.69, 9.17) is 11.5 Å². The predicted molar refractivity (Wildman–Crippen MR) is 43.0 cm³/mol. The smallest absolute Gasteiger partial charge is 0.0160 e. The molecule has 0 fully saturated rings. The topological polar surface area (TPSA) is 52.0 Å². The third-order valence-electron chi connectivity index (χ3n) is 0.486. The summed E-state index contributed by atoms with van der Waals surface area (Å²) >= 11 is 0. The van der Waals surface area contributed by atoms with Gasteiger partial charge in [-0.3, -0.25) is 0 Å². The van der Waals surface area contributed by atoms with Gasteiger partial charge in [0.25, 0.3) is 0 Å². The van der Waals surface area contributed by atoms with E-state index in [2.05, 4.69) is 0 Å². The van der Waals surface area contributed by atoms with Gasteiger partial charge in [-0.1, -0.05) is 21.6 Å². The molecule has 9 heavy (non-hydrogen) atoms. The summed E-state index contributed by atoms with van der Waals surface area (Å²) in [6, 6.07) is 0. The maximum atomic E-state index is 5.25. The Labute approximate surface area is 74.8 Å². The van der Waals surface area contributed by atoms with Crippen molar-refractivity contribution in [3.05, 3.63) is 0 Å².